The molecular weight excluding hydrogens is 278 g/mol. The standard InChI is InChI=1S/C14H14BrNO/c1-10-4-3-5-13(6-10)16-11(2)7-12(9-15)8-14(16)17/h3-8H,9H2,1-2H3. The van der Waals surface area contributed by atoms with E-state index in [1.807, 2.05) is 44.2 Å². The second kappa shape index (κ2) is 4.88. The van der Waals surface area contributed by atoms with Gasteiger partial charge in [-0.25, -0.2) is 0 Å². The van der Waals surface area contributed by atoms with Gasteiger partial charge in [-0.2, -0.15) is 0 Å². The van der Waals surface area contributed by atoms with Crippen molar-refractivity contribution in [2.75, 3.05) is 0 Å². The third-order valence-electron chi connectivity index (χ3n) is 2.69. The highest BCUT2D eigenvalue weighted by Gasteiger charge is 2.05. The number of alkyl halides is 1. The third-order valence-corrected chi connectivity index (χ3v) is 3.34. The van der Waals surface area contributed by atoms with Crippen LogP contribution in [0.5, 0.6) is 0 Å². The summed E-state index contributed by atoms with van der Waals surface area (Å²) >= 11 is 3.37. The van der Waals surface area contributed by atoms with Gasteiger partial charge in [0.2, 0.25) is 0 Å². The van der Waals surface area contributed by atoms with E-state index in [1.54, 1.807) is 10.6 Å². The summed E-state index contributed by atoms with van der Waals surface area (Å²) in [7, 11) is 0. The van der Waals surface area contributed by atoms with Crippen molar-refractivity contribution < 1.29 is 0 Å². The van der Waals surface area contributed by atoms with Gasteiger partial charge >= 0.3 is 0 Å². The number of aryl methyl sites for hydroxylation is 2. The first-order chi connectivity index (χ1) is 8.11. The average molecular weight is 292 g/mol. The largest absolute Gasteiger partial charge is 0.282 e. The van der Waals surface area contributed by atoms with E-state index in [1.165, 1.54) is 0 Å². The van der Waals surface area contributed by atoms with Crippen LogP contribution in [0.15, 0.2) is 41.2 Å². The van der Waals surface area contributed by atoms with Crippen molar-refractivity contribution in [1.29, 1.82) is 0 Å². The number of hydrogen-bond acceptors (Lipinski definition) is 1. The maximum absolute atomic E-state index is 12.1. The van der Waals surface area contributed by atoms with E-state index < -0.39 is 0 Å². The van der Waals surface area contributed by atoms with Crippen LogP contribution in [-0.4, -0.2) is 4.57 Å². The number of pyridine rings is 1. The Morgan fingerprint density at radius 1 is 1.18 bits per heavy atom. The molecule has 0 atom stereocenters. The van der Waals surface area contributed by atoms with Crippen LogP contribution in [0.2, 0.25) is 0 Å². The molecule has 1 aromatic heterocycles. The summed E-state index contributed by atoms with van der Waals surface area (Å²) < 4.78 is 1.74. The SMILES string of the molecule is Cc1cccc(-n2c(C)cc(CBr)cc2=O)c1. The molecule has 0 aliphatic rings. The van der Waals surface area contributed by atoms with Gasteiger partial charge in [-0.05, 0) is 43.2 Å². The zero-order valence-electron chi connectivity index (χ0n) is 9.90. The van der Waals surface area contributed by atoms with E-state index in [9.17, 15) is 4.79 Å². The molecule has 0 aliphatic carbocycles. The fraction of sp³-hybridized carbons (Fsp3) is 0.214. The Bertz CT molecular complexity index is 601. The number of hydrogen-bond donors (Lipinski definition) is 0. The van der Waals surface area contributed by atoms with Crippen molar-refractivity contribution in [2.24, 2.45) is 0 Å². The quantitative estimate of drug-likeness (QED) is 0.778. The Balaban J connectivity index is 2.64. The van der Waals surface area contributed by atoms with Crippen molar-refractivity contribution in [3.05, 3.63) is 63.6 Å². The molecular formula is C14H14BrNO. The van der Waals surface area contributed by atoms with Crippen LogP contribution in [0.25, 0.3) is 5.69 Å². The predicted molar refractivity (Wildman–Crippen MR) is 74.1 cm³/mol. The minimum absolute atomic E-state index is 0.0186. The van der Waals surface area contributed by atoms with Gasteiger partial charge in [-0.1, -0.05) is 28.1 Å². The lowest BCUT2D eigenvalue weighted by Crippen LogP contribution is -2.20. The molecule has 2 aromatic rings. The van der Waals surface area contributed by atoms with Crippen LogP contribution >= 0.6 is 15.9 Å². The summed E-state index contributed by atoms with van der Waals surface area (Å²) in [6, 6.07) is 11.7. The van der Waals surface area contributed by atoms with E-state index in [0.717, 1.165) is 22.5 Å². The summed E-state index contributed by atoms with van der Waals surface area (Å²) in [5.41, 5.74) is 4.06. The molecule has 0 N–H and O–H groups in total. The Labute approximate surface area is 109 Å². The van der Waals surface area contributed by atoms with Gasteiger partial charge in [0, 0.05) is 22.8 Å². The van der Waals surface area contributed by atoms with Crippen molar-refractivity contribution >= 4 is 15.9 Å². The van der Waals surface area contributed by atoms with Crippen molar-refractivity contribution in [2.45, 2.75) is 19.2 Å². The molecule has 2 nitrogen and oxygen atoms in total. The third kappa shape index (κ3) is 2.50. The first-order valence-electron chi connectivity index (χ1n) is 5.47. The second-order valence-corrected chi connectivity index (χ2v) is 4.71. The van der Waals surface area contributed by atoms with Gasteiger partial charge in [-0.3, -0.25) is 9.36 Å². The fourth-order valence-electron chi connectivity index (χ4n) is 1.95. The highest BCUT2D eigenvalue weighted by Crippen LogP contribution is 2.12. The Morgan fingerprint density at radius 2 is 1.94 bits per heavy atom. The molecule has 0 saturated carbocycles. The number of halogens is 1. The molecule has 0 fully saturated rings. The van der Waals surface area contributed by atoms with Crippen molar-refractivity contribution in [1.82, 2.24) is 4.57 Å². The zero-order chi connectivity index (χ0) is 12.4. The van der Waals surface area contributed by atoms with Gasteiger partial charge in [0.05, 0.1) is 0 Å². The van der Waals surface area contributed by atoms with Crippen LogP contribution in [0.4, 0.5) is 0 Å². The minimum Gasteiger partial charge on any atom is -0.282 e. The topological polar surface area (TPSA) is 22.0 Å². The van der Waals surface area contributed by atoms with Crippen LogP contribution in [0.3, 0.4) is 0 Å². The number of nitrogens with zero attached hydrogens (tertiary/aromatic N) is 1. The molecule has 1 aromatic carbocycles. The minimum atomic E-state index is 0.0186. The zero-order valence-corrected chi connectivity index (χ0v) is 11.5. The van der Waals surface area contributed by atoms with Crippen molar-refractivity contribution in [3.8, 4) is 5.69 Å². The summed E-state index contributed by atoms with van der Waals surface area (Å²) in [5.74, 6) is 0. The van der Waals surface area contributed by atoms with Gasteiger partial charge in [0.15, 0.2) is 0 Å². The molecule has 0 aliphatic heterocycles. The summed E-state index contributed by atoms with van der Waals surface area (Å²) in [6.07, 6.45) is 0. The van der Waals surface area contributed by atoms with Gasteiger partial charge in [0.1, 0.15) is 0 Å². The predicted octanol–water partition coefficient (Wildman–Crippen LogP) is 3.35. The molecule has 3 heteroatoms. The second-order valence-electron chi connectivity index (χ2n) is 4.15. The first-order valence-corrected chi connectivity index (χ1v) is 6.59. The molecule has 0 unspecified atom stereocenters. The first kappa shape index (κ1) is 12.1. The highest BCUT2D eigenvalue weighted by molar-refractivity contribution is 9.08. The number of rotatable bonds is 2. The van der Waals surface area contributed by atoms with E-state index in [2.05, 4.69) is 15.9 Å². The average Bonchev–Trinajstić information content (AvgIpc) is 2.28. The maximum atomic E-state index is 12.1. The van der Waals surface area contributed by atoms with Crippen LogP contribution < -0.4 is 5.56 Å². The Kier molecular flexibility index (Phi) is 3.48. The van der Waals surface area contributed by atoms with E-state index in [0.29, 0.717) is 5.33 Å². The lowest BCUT2D eigenvalue weighted by molar-refractivity contribution is 0.925. The van der Waals surface area contributed by atoms with E-state index in [-0.39, 0.29) is 5.56 Å². The maximum Gasteiger partial charge on any atom is 0.255 e. The van der Waals surface area contributed by atoms with E-state index in [4.69, 9.17) is 0 Å². The van der Waals surface area contributed by atoms with Crippen LogP contribution in [-0.2, 0) is 5.33 Å². The van der Waals surface area contributed by atoms with Gasteiger partial charge in [-0.15, -0.1) is 0 Å². The summed E-state index contributed by atoms with van der Waals surface area (Å²) in [4.78, 5) is 12.1. The van der Waals surface area contributed by atoms with Crippen LogP contribution in [0, 0.1) is 13.8 Å². The monoisotopic (exact) mass is 291 g/mol. The summed E-state index contributed by atoms with van der Waals surface area (Å²) in [6.45, 7) is 3.98. The molecule has 88 valence electrons. The smallest absolute Gasteiger partial charge is 0.255 e. The van der Waals surface area contributed by atoms with Crippen LogP contribution in [0.1, 0.15) is 16.8 Å². The normalized spacial score (nSPS) is 10.5. The molecule has 0 radical (unpaired) electrons. The number of aromatic nitrogens is 1. The molecule has 0 saturated heterocycles. The van der Waals surface area contributed by atoms with E-state index >= 15 is 0 Å². The van der Waals surface area contributed by atoms with Crippen molar-refractivity contribution in [3.63, 3.8) is 0 Å². The van der Waals surface area contributed by atoms with Gasteiger partial charge < -0.3 is 0 Å². The lowest BCUT2D eigenvalue weighted by Gasteiger charge is -2.11. The number of benzene rings is 1. The summed E-state index contributed by atoms with van der Waals surface area (Å²) in [5, 5.41) is 0.706. The molecule has 0 amide bonds. The lowest BCUT2D eigenvalue weighted by atomic mass is 10.2. The molecule has 0 bridgehead atoms. The molecule has 0 spiro atoms. The highest BCUT2D eigenvalue weighted by atomic mass is 79.9. The molecule has 2 rings (SSSR count). The molecule has 1 heterocycles. The van der Waals surface area contributed by atoms with Gasteiger partial charge in [0.25, 0.3) is 5.56 Å². The Morgan fingerprint density at radius 3 is 2.53 bits per heavy atom. The molecule has 17 heavy (non-hydrogen) atoms. The Hall–Kier alpha value is -1.35. The fourth-order valence-corrected chi connectivity index (χ4v) is 2.27.